The molecule has 8 nitrogen and oxygen atoms in total. The van der Waals surface area contributed by atoms with Gasteiger partial charge in [0.1, 0.15) is 17.3 Å². The smallest absolute Gasteiger partial charge is 0.334 e. The van der Waals surface area contributed by atoms with E-state index in [0.717, 1.165) is 5.57 Å². The van der Waals surface area contributed by atoms with Crippen molar-refractivity contribution in [2.24, 2.45) is 34.5 Å². The van der Waals surface area contributed by atoms with Crippen molar-refractivity contribution in [3.63, 3.8) is 0 Å². The van der Waals surface area contributed by atoms with Gasteiger partial charge < -0.3 is 29.5 Å². The van der Waals surface area contributed by atoms with Gasteiger partial charge >= 0.3 is 5.97 Å². The Balaban J connectivity index is 1.42. The second-order valence-electron chi connectivity index (χ2n) is 13.0. The molecule has 204 valence electrons. The standard InChI is InChI=1S/C29H40O8/c1-14-11-22(36-24(33)15(14)2)27(4)19-13-18(30)23-16-12-21(32)29(34)9-6-7-20(31)26(29,3)17(16)8-10-28(19,23)25(35-5)37-27/h6-7,16-19,21-23,25,30,32,34H,8-13H2,1-5H3/t16-,17+,18+,19-,21-,22-,23-,25-,26+,27-,28+,29+/m1/s1. The average Bonchev–Trinajstić information content (AvgIpc) is 3.28. The highest BCUT2D eigenvalue weighted by atomic mass is 16.7. The Kier molecular flexibility index (Phi) is 5.54. The Hall–Kier alpha value is -1.58. The Morgan fingerprint density at radius 3 is 2.54 bits per heavy atom. The fourth-order valence-corrected chi connectivity index (χ4v) is 9.88. The number of fused-ring (bicyclic) bond motifs is 4. The van der Waals surface area contributed by atoms with Crippen LogP contribution in [-0.2, 0) is 23.8 Å². The van der Waals surface area contributed by atoms with Crippen molar-refractivity contribution < 1.29 is 39.1 Å². The van der Waals surface area contributed by atoms with Crippen molar-refractivity contribution in [3.05, 3.63) is 23.3 Å². The Morgan fingerprint density at radius 1 is 1.14 bits per heavy atom. The van der Waals surface area contributed by atoms with E-state index in [-0.39, 0.29) is 41.8 Å². The van der Waals surface area contributed by atoms with Crippen LogP contribution in [0.15, 0.2) is 23.3 Å². The summed E-state index contributed by atoms with van der Waals surface area (Å²) in [5, 5.41) is 34.6. The molecule has 0 aromatic rings. The third kappa shape index (κ3) is 2.91. The molecule has 2 aliphatic heterocycles. The lowest BCUT2D eigenvalue weighted by atomic mass is 9.42. The van der Waals surface area contributed by atoms with E-state index < -0.39 is 46.6 Å². The first-order valence-electron chi connectivity index (χ1n) is 13.7. The molecule has 6 rings (SSSR count). The maximum Gasteiger partial charge on any atom is 0.334 e. The van der Waals surface area contributed by atoms with Crippen molar-refractivity contribution in [1.82, 2.24) is 0 Å². The summed E-state index contributed by atoms with van der Waals surface area (Å²) in [5.74, 6) is -1.28. The lowest BCUT2D eigenvalue weighted by Crippen LogP contribution is -2.70. The lowest BCUT2D eigenvalue weighted by Gasteiger charge is -2.63. The summed E-state index contributed by atoms with van der Waals surface area (Å²) in [4.78, 5) is 26.0. The third-order valence-electron chi connectivity index (χ3n) is 12.0. The van der Waals surface area contributed by atoms with Crippen LogP contribution in [0.5, 0.6) is 0 Å². The maximum atomic E-state index is 13.4. The Labute approximate surface area is 218 Å². The molecular formula is C29H40O8. The molecule has 3 saturated carbocycles. The number of ether oxygens (including phenoxy) is 3. The van der Waals surface area contributed by atoms with Gasteiger partial charge in [0.05, 0.1) is 17.6 Å². The minimum absolute atomic E-state index is 0.136. The first kappa shape index (κ1) is 25.7. The molecule has 0 aromatic heterocycles. The number of hydrogen-bond donors (Lipinski definition) is 3. The molecule has 0 amide bonds. The molecule has 2 heterocycles. The summed E-state index contributed by atoms with van der Waals surface area (Å²) < 4.78 is 18.6. The van der Waals surface area contributed by atoms with Crippen LogP contribution in [0.4, 0.5) is 0 Å². The van der Waals surface area contributed by atoms with Crippen molar-refractivity contribution in [2.75, 3.05) is 7.11 Å². The maximum absolute atomic E-state index is 13.4. The summed E-state index contributed by atoms with van der Waals surface area (Å²) in [6.45, 7) is 7.51. The van der Waals surface area contributed by atoms with E-state index >= 15 is 0 Å². The molecular weight excluding hydrogens is 476 g/mol. The second-order valence-corrected chi connectivity index (χ2v) is 13.0. The number of aliphatic hydroxyl groups excluding tert-OH is 2. The Bertz CT molecular complexity index is 1100. The number of esters is 1. The summed E-state index contributed by atoms with van der Waals surface area (Å²) in [5.41, 5.74) is -2.46. The van der Waals surface area contributed by atoms with Gasteiger partial charge in [-0.15, -0.1) is 0 Å². The van der Waals surface area contributed by atoms with Crippen molar-refractivity contribution in [2.45, 2.75) is 102 Å². The highest BCUT2D eigenvalue weighted by molar-refractivity contribution is 5.97. The molecule has 4 aliphatic carbocycles. The molecule has 0 radical (unpaired) electrons. The molecule has 8 heteroatoms. The van der Waals surface area contributed by atoms with Crippen LogP contribution in [0.25, 0.3) is 0 Å². The normalized spacial score (nSPS) is 54.9. The minimum Gasteiger partial charge on any atom is -0.456 e. The number of allylic oxidation sites excluding steroid dienone is 1. The number of carbonyl (C=O) groups is 2. The monoisotopic (exact) mass is 516 g/mol. The number of ketones is 1. The summed E-state index contributed by atoms with van der Waals surface area (Å²) in [6.07, 6.45) is 3.19. The van der Waals surface area contributed by atoms with Crippen molar-refractivity contribution in [1.29, 1.82) is 0 Å². The molecule has 1 spiro atoms. The molecule has 0 aromatic carbocycles. The first-order chi connectivity index (χ1) is 17.4. The van der Waals surface area contributed by atoms with Crippen molar-refractivity contribution in [3.8, 4) is 0 Å². The number of carbonyl (C=O) groups excluding carboxylic acids is 2. The summed E-state index contributed by atoms with van der Waals surface area (Å²) in [7, 11) is 1.61. The van der Waals surface area contributed by atoms with Crippen LogP contribution >= 0.6 is 0 Å². The third-order valence-corrected chi connectivity index (χ3v) is 12.0. The van der Waals surface area contributed by atoms with E-state index in [1.165, 1.54) is 0 Å². The summed E-state index contributed by atoms with van der Waals surface area (Å²) >= 11 is 0. The number of hydrogen-bond acceptors (Lipinski definition) is 8. The Morgan fingerprint density at radius 2 is 1.86 bits per heavy atom. The van der Waals surface area contributed by atoms with Crippen molar-refractivity contribution >= 4 is 11.8 Å². The van der Waals surface area contributed by atoms with E-state index in [0.29, 0.717) is 37.7 Å². The van der Waals surface area contributed by atoms with Gasteiger partial charge in [-0.05, 0) is 83.6 Å². The lowest BCUT2D eigenvalue weighted by molar-refractivity contribution is -0.259. The number of rotatable bonds is 2. The summed E-state index contributed by atoms with van der Waals surface area (Å²) in [6, 6.07) is 0. The molecule has 4 fully saturated rings. The van der Waals surface area contributed by atoms with Gasteiger partial charge in [0.25, 0.3) is 0 Å². The topological polar surface area (TPSA) is 123 Å². The first-order valence-corrected chi connectivity index (χ1v) is 13.7. The van der Waals surface area contributed by atoms with E-state index in [2.05, 4.69) is 0 Å². The van der Waals surface area contributed by atoms with Crippen LogP contribution in [-0.4, -0.2) is 70.0 Å². The van der Waals surface area contributed by atoms with Gasteiger partial charge in [-0.25, -0.2) is 4.79 Å². The zero-order valence-corrected chi connectivity index (χ0v) is 22.4. The SMILES string of the molecule is CO[C@@H]1O[C@@](C)([C@H]2CC(C)=C(C)C(=O)O2)[C@H]2C[C@H](O)[C@H]3[C@@H]4C[C@@H](O)[C@@]5(O)CC=CC(=O)[C@]5(C)[C@H]4CC[C@@]132. The molecule has 0 bridgehead atoms. The fraction of sp³-hybridized carbons (Fsp3) is 0.793. The molecule has 6 aliphatic rings. The van der Waals surface area contributed by atoms with Gasteiger partial charge in [0.2, 0.25) is 0 Å². The predicted octanol–water partition coefficient (Wildman–Crippen LogP) is 2.44. The minimum atomic E-state index is -1.52. The quantitative estimate of drug-likeness (QED) is 0.479. The zero-order valence-electron chi connectivity index (χ0n) is 22.4. The van der Waals surface area contributed by atoms with Crippen LogP contribution in [0.2, 0.25) is 0 Å². The van der Waals surface area contributed by atoms with Crippen LogP contribution in [0.3, 0.4) is 0 Å². The van der Waals surface area contributed by atoms with Gasteiger partial charge in [-0.3, -0.25) is 4.79 Å². The number of methoxy groups -OCH3 is 1. The van der Waals surface area contributed by atoms with Crippen LogP contribution in [0.1, 0.15) is 66.2 Å². The van der Waals surface area contributed by atoms with Gasteiger partial charge in [-0.2, -0.15) is 0 Å². The van der Waals surface area contributed by atoms with Crippen LogP contribution in [0, 0.1) is 34.5 Å². The van der Waals surface area contributed by atoms with Gasteiger partial charge in [0, 0.05) is 30.4 Å². The van der Waals surface area contributed by atoms with E-state index in [1.807, 2.05) is 13.8 Å². The second kappa shape index (κ2) is 7.98. The molecule has 12 atom stereocenters. The highest BCUT2D eigenvalue weighted by Gasteiger charge is 2.77. The number of cyclic esters (lactones) is 1. The zero-order chi connectivity index (χ0) is 26.7. The van der Waals surface area contributed by atoms with E-state index in [4.69, 9.17) is 14.2 Å². The highest BCUT2D eigenvalue weighted by Crippen LogP contribution is 2.73. The van der Waals surface area contributed by atoms with E-state index in [1.54, 1.807) is 33.1 Å². The molecule has 37 heavy (non-hydrogen) atoms. The molecule has 1 saturated heterocycles. The average molecular weight is 517 g/mol. The molecule has 3 N–H and O–H groups in total. The molecule has 0 unspecified atom stereocenters. The van der Waals surface area contributed by atoms with Gasteiger partial charge in [-0.1, -0.05) is 11.6 Å². The number of aliphatic hydroxyl groups is 3. The van der Waals surface area contributed by atoms with Gasteiger partial charge in [0.15, 0.2) is 12.1 Å². The largest absolute Gasteiger partial charge is 0.456 e. The fourth-order valence-electron chi connectivity index (χ4n) is 9.88. The van der Waals surface area contributed by atoms with Crippen LogP contribution < -0.4 is 0 Å². The van der Waals surface area contributed by atoms with E-state index in [9.17, 15) is 24.9 Å². The predicted molar refractivity (Wildman–Crippen MR) is 132 cm³/mol.